The van der Waals surface area contributed by atoms with Crippen LogP contribution in [0, 0.1) is 6.92 Å². The molecule has 0 N–H and O–H groups in total. The van der Waals surface area contributed by atoms with Crippen LogP contribution < -0.4 is 0 Å². The number of carbonyl (C=O) groups excluding carboxylic acids is 1. The standard InChI is InChI=1S/C17H15NO/c1-4-16(19)12-9-10-14-13-7-5-6-8-15(13)18(3)17(14)11(12)2/h4-10H,1H2,2-3H3. The van der Waals surface area contributed by atoms with Crippen LogP contribution in [0.1, 0.15) is 15.9 Å². The molecular formula is C17H15NO. The highest BCUT2D eigenvalue weighted by atomic mass is 16.1. The Morgan fingerprint density at radius 2 is 1.89 bits per heavy atom. The molecule has 94 valence electrons. The molecule has 2 heteroatoms. The van der Waals surface area contributed by atoms with Crippen molar-refractivity contribution < 1.29 is 4.79 Å². The Morgan fingerprint density at radius 3 is 2.63 bits per heavy atom. The monoisotopic (exact) mass is 249 g/mol. The van der Waals surface area contributed by atoms with Crippen molar-refractivity contribution in [3.63, 3.8) is 0 Å². The van der Waals surface area contributed by atoms with Gasteiger partial charge in [-0.2, -0.15) is 0 Å². The lowest BCUT2D eigenvalue weighted by molar-refractivity contribution is 0.104. The minimum absolute atomic E-state index is 0.0235. The number of hydrogen-bond acceptors (Lipinski definition) is 1. The maximum atomic E-state index is 11.9. The van der Waals surface area contributed by atoms with E-state index in [0.717, 1.165) is 16.6 Å². The highest BCUT2D eigenvalue weighted by Gasteiger charge is 2.14. The number of aryl methyl sites for hydroxylation is 2. The van der Waals surface area contributed by atoms with Crippen LogP contribution in [0.5, 0.6) is 0 Å². The van der Waals surface area contributed by atoms with E-state index < -0.39 is 0 Å². The fraction of sp³-hybridized carbons (Fsp3) is 0.118. The molecule has 0 fully saturated rings. The van der Waals surface area contributed by atoms with Gasteiger partial charge < -0.3 is 4.57 Å². The highest BCUT2D eigenvalue weighted by Crippen LogP contribution is 2.31. The summed E-state index contributed by atoms with van der Waals surface area (Å²) in [6.07, 6.45) is 1.37. The summed E-state index contributed by atoms with van der Waals surface area (Å²) in [4.78, 5) is 11.9. The van der Waals surface area contributed by atoms with Crippen molar-refractivity contribution in [1.29, 1.82) is 0 Å². The average molecular weight is 249 g/mol. The summed E-state index contributed by atoms with van der Waals surface area (Å²) >= 11 is 0. The fourth-order valence-electron chi connectivity index (χ4n) is 2.84. The summed E-state index contributed by atoms with van der Waals surface area (Å²) in [6, 6.07) is 12.2. The lowest BCUT2D eigenvalue weighted by atomic mass is 10.0. The van der Waals surface area contributed by atoms with Gasteiger partial charge in [0, 0.05) is 28.9 Å². The van der Waals surface area contributed by atoms with Crippen molar-refractivity contribution in [2.24, 2.45) is 7.05 Å². The van der Waals surface area contributed by atoms with Crippen molar-refractivity contribution in [3.8, 4) is 0 Å². The second-order valence-corrected chi connectivity index (χ2v) is 4.78. The Hall–Kier alpha value is -2.35. The van der Waals surface area contributed by atoms with Gasteiger partial charge in [-0.3, -0.25) is 4.79 Å². The molecule has 19 heavy (non-hydrogen) atoms. The fourth-order valence-corrected chi connectivity index (χ4v) is 2.84. The Morgan fingerprint density at radius 1 is 1.16 bits per heavy atom. The number of carbonyl (C=O) groups is 1. The highest BCUT2D eigenvalue weighted by molar-refractivity contribution is 6.13. The lowest BCUT2D eigenvalue weighted by Gasteiger charge is -2.06. The Bertz CT molecular complexity index is 824. The van der Waals surface area contributed by atoms with Crippen molar-refractivity contribution in [1.82, 2.24) is 4.57 Å². The van der Waals surface area contributed by atoms with Crippen LogP contribution in [-0.2, 0) is 7.05 Å². The van der Waals surface area contributed by atoms with E-state index in [0.29, 0.717) is 0 Å². The molecule has 0 aliphatic carbocycles. The van der Waals surface area contributed by atoms with Gasteiger partial charge >= 0.3 is 0 Å². The van der Waals surface area contributed by atoms with Gasteiger partial charge in [0.25, 0.3) is 0 Å². The average Bonchev–Trinajstić information content (AvgIpc) is 2.73. The molecule has 1 heterocycles. The Kier molecular flexibility index (Phi) is 2.53. The third kappa shape index (κ3) is 1.53. The van der Waals surface area contributed by atoms with Gasteiger partial charge in [-0.1, -0.05) is 36.9 Å². The number of ketones is 1. The summed E-state index contributed by atoms with van der Waals surface area (Å²) in [5.74, 6) is -0.0235. The normalized spacial score (nSPS) is 11.1. The van der Waals surface area contributed by atoms with E-state index >= 15 is 0 Å². The van der Waals surface area contributed by atoms with E-state index in [2.05, 4.69) is 23.3 Å². The van der Waals surface area contributed by atoms with Gasteiger partial charge in [0.15, 0.2) is 5.78 Å². The van der Waals surface area contributed by atoms with Crippen molar-refractivity contribution in [2.75, 3.05) is 0 Å². The van der Waals surface area contributed by atoms with E-state index in [1.807, 2.05) is 38.2 Å². The number of rotatable bonds is 2. The first-order valence-electron chi connectivity index (χ1n) is 6.28. The molecule has 2 nitrogen and oxygen atoms in total. The summed E-state index contributed by atoms with van der Waals surface area (Å²) < 4.78 is 2.15. The predicted molar refractivity (Wildman–Crippen MR) is 79.7 cm³/mol. The van der Waals surface area contributed by atoms with E-state index in [9.17, 15) is 4.79 Å². The molecule has 0 aliphatic rings. The topological polar surface area (TPSA) is 22.0 Å². The SMILES string of the molecule is C=CC(=O)c1ccc2c3ccccc3n(C)c2c1C. The van der Waals surface area contributed by atoms with Gasteiger partial charge in [0.1, 0.15) is 0 Å². The Labute approximate surface area is 112 Å². The molecular weight excluding hydrogens is 234 g/mol. The minimum atomic E-state index is -0.0235. The first-order chi connectivity index (χ1) is 9.15. The number of fused-ring (bicyclic) bond motifs is 3. The molecule has 3 aromatic rings. The predicted octanol–water partition coefficient (Wildman–Crippen LogP) is 4.01. The quantitative estimate of drug-likeness (QED) is 0.497. The molecule has 0 bridgehead atoms. The number of nitrogens with zero attached hydrogens (tertiary/aromatic N) is 1. The first-order valence-corrected chi connectivity index (χ1v) is 6.28. The molecule has 1 aromatic heterocycles. The molecule has 0 aliphatic heterocycles. The van der Waals surface area contributed by atoms with Crippen LogP contribution in [0.3, 0.4) is 0 Å². The lowest BCUT2D eigenvalue weighted by Crippen LogP contribution is -1.99. The molecule has 2 aromatic carbocycles. The maximum absolute atomic E-state index is 11.9. The third-order valence-corrected chi connectivity index (χ3v) is 3.77. The molecule has 0 atom stereocenters. The number of allylic oxidation sites excluding steroid dienone is 1. The van der Waals surface area contributed by atoms with Gasteiger partial charge in [0.2, 0.25) is 0 Å². The van der Waals surface area contributed by atoms with Crippen LogP contribution in [0.2, 0.25) is 0 Å². The van der Waals surface area contributed by atoms with Crippen LogP contribution in [0.25, 0.3) is 21.8 Å². The van der Waals surface area contributed by atoms with Gasteiger partial charge in [-0.15, -0.1) is 0 Å². The third-order valence-electron chi connectivity index (χ3n) is 3.77. The van der Waals surface area contributed by atoms with Crippen molar-refractivity contribution in [3.05, 3.63) is 60.2 Å². The summed E-state index contributed by atoms with van der Waals surface area (Å²) in [7, 11) is 2.04. The molecule has 0 radical (unpaired) electrons. The van der Waals surface area contributed by atoms with Crippen LogP contribution in [0.15, 0.2) is 49.1 Å². The van der Waals surface area contributed by atoms with Gasteiger partial charge in [0.05, 0.1) is 5.52 Å². The number of para-hydroxylation sites is 1. The van der Waals surface area contributed by atoms with E-state index in [4.69, 9.17) is 0 Å². The zero-order valence-electron chi connectivity index (χ0n) is 11.1. The summed E-state index contributed by atoms with van der Waals surface area (Å²) in [5.41, 5.74) is 4.05. The molecule has 0 amide bonds. The van der Waals surface area contributed by atoms with Crippen LogP contribution in [0.4, 0.5) is 0 Å². The van der Waals surface area contributed by atoms with E-state index in [1.54, 1.807) is 0 Å². The molecule has 0 spiro atoms. The number of aromatic nitrogens is 1. The van der Waals surface area contributed by atoms with E-state index in [-0.39, 0.29) is 5.78 Å². The first kappa shape index (κ1) is 11.7. The Balaban J connectivity index is 2.50. The van der Waals surface area contributed by atoms with Crippen molar-refractivity contribution >= 4 is 27.6 Å². The van der Waals surface area contributed by atoms with E-state index in [1.165, 1.54) is 22.4 Å². The van der Waals surface area contributed by atoms with Crippen LogP contribution >= 0.6 is 0 Å². The number of hydrogen-bond donors (Lipinski definition) is 0. The second kappa shape index (κ2) is 4.09. The zero-order valence-corrected chi connectivity index (χ0v) is 11.1. The zero-order chi connectivity index (χ0) is 13.6. The van der Waals surface area contributed by atoms with Crippen molar-refractivity contribution in [2.45, 2.75) is 6.92 Å². The molecule has 0 saturated carbocycles. The second-order valence-electron chi connectivity index (χ2n) is 4.78. The molecule has 3 rings (SSSR count). The molecule has 0 saturated heterocycles. The molecule has 0 unspecified atom stereocenters. The largest absolute Gasteiger partial charge is 0.343 e. The maximum Gasteiger partial charge on any atom is 0.185 e. The van der Waals surface area contributed by atoms with Gasteiger partial charge in [-0.25, -0.2) is 0 Å². The summed E-state index contributed by atoms with van der Waals surface area (Å²) in [5, 5.41) is 2.41. The smallest absolute Gasteiger partial charge is 0.185 e. The van der Waals surface area contributed by atoms with Crippen LogP contribution in [-0.4, -0.2) is 10.4 Å². The minimum Gasteiger partial charge on any atom is -0.343 e. The summed E-state index contributed by atoms with van der Waals surface area (Å²) in [6.45, 7) is 5.56. The van der Waals surface area contributed by atoms with Gasteiger partial charge in [-0.05, 0) is 24.6 Å². The number of benzene rings is 2.